The zero-order valence-electron chi connectivity index (χ0n) is 15.0. The molecular formula is C17H30N4OS. The average Bonchev–Trinajstić information content (AvgIpc) is 2.89. The van der Waals surface area contributed by atoms with Crippen molar-refractivity contribution in [2.75, 3.05) is 13.1 Å². The number of aromatic nitrogens is 3. The Hall–Kier alpha value is -1.17. The van der Waals surface area contributed by atoms with Crippen molar-refractivity contribution in [3.05, 3.63) is 10.6 Å². The second-order valence-electron chi connectivity index (χ2n) is 7.46. The van der Waals surface area contributed by atoms with Gasteiger partial charge in [-0.3, -0.25) is 9.89 Å². The van der Waals surface area contributed by atoms with Crippen LogP contribution in [0.3, 0.4) is 0 Å². The summed E-state index contributed by atoms with van der Waals surface area (Å²) in [6.07, 6.45) is 2.74. The van der Waals surface area contributed by atoms with Gasteiger partial charge in [-0.15, -0.1) is 0 Å². The van der Waals surface area contributed by atoms with Crippen LogP contribution in [0, 0.1) is 16.6 Å². The molecule has 1 fully saturated rings. The first-order valence-electron chi connectivity index (χ1n) is 8.75. The Morgan fingerprint density at radius 2 is 2.04 bits per heavy atom. The maximum Gasteiger partial charge on any atom is 0.222 e. The monoisotopic (exact) mass is 338 g/mol. The highest BCUT2D eigenvalue weighted by molar-refractivity contribution is 7.71. The van der Waals surface area contributed by atoms with Crippen LogP contribution in [0.5, 0.6) is 0 Å². The van der Waals surface area contributed by atoms with E-state index in [1.165, 1.54) is 0 Å². The maximum absolute atomic E-state index is 12.6. The van der Waals surface area contributed by atoms with E-state index in [-0.39, 0.29) is 17.9 Å². The van der Waals surface area contributed by atoms with Gasteiger partial charge in [0.25, 0.3) is 0 Å². The molecule has 2 heterocycles. The summed E-state index contributed by atoms with van der Waals surface area (Å²) in [5.74, 6) is 2.52. The number of carbonyl (C=O) groups is 1. The van der Waals surface area contributed by atoms with E-state index in [4.69, 9.17) is 12.2 Å². The van der Waals surface area contributed by atoms with E-state index >= 15 is 0 Å². The highest BCUT2D eigenvalue weighted by Gasteiger charge is 2.29. The topological polar surface area (TPSA) is 53.9 Å². The van der Waals surface area contributed by atoms with Crippen LogP contribution in [0.4, 0.5) is 0 Å². The van der Waals surface area contributed by atoms with Gasteiger partial charge in [0.15, 0.2) is 4.77 Å². The molecule has 5 nitrogen and oxygen atoms in total. The number of carbonyl (C=O) groups excluding carboxylic acids is 1. The number of amides is 1. The van der Waals surface area contributed by atoms with Crippen LogP contribution in [0.15, 0.2) is 0 Å². The zero-order valence-corrected chi connectivity index (χ0v) is 15.8. The number of rotatable bonds is 5. The molecule has 1 aliphatic rings. The van der Waals surface area contributed by atoms with Gasteiger partial charge in [0.2, 0.25) is 5.91 Å². The van der Waals surface area contributed by atoms with E-state index in [0.717, 1.165) is 31.8 Å². The third-order valence-corrected chi connectivity index (χ3v) is 5.31. The molecule has 130 valence electrons. The molecular weight excluding hydrogens is 308 g/mol. The van der Waals surface area contributed by atoms with Crippen molar-refractivity contribution < 1.29 is 4.79 Å². The van der Waals surface area contributed by atoms with Crippen LogP contribution in [-0.2, 0) is 4.79 Å². The number of aromatic amines is 1. The molecule has 0 aromatic carbocycles. The van der Waals surface area contributed by atoms with Crippen molar-refractivity contribution >= 4 is 18.1 Å². The summed E-state index contributed by atoms with van der Waals surface area (Å²) in [7, 11) is 0. The van der Waals surface area contributed by atoms with Gasteiger partial charge < -0.3 is 9.47 Å². The van der Waals surface area contributed by atoms with E-state index in [1.807, 2.05) is 4.90 Å². The molecule has 6 heteroatoms. The molecule has 23 heavy (non-hydrogen) atoms. The number of piperidine rings is 1. The van der Waals surface area contributed by atoms with Crippen molar-refractivity contribution in [3.63, 3.8) is 0 Å². The molecule has 0 bridgehead atoms. The van der Waals surface area contributed by atoms with Crippen LogP contribution in [0.25, 0.3) is 0 Å². The van der Waals surface area contributed by atoms with Gasteiger partial charge in [-0.25, -0.2) is 0 Å². The summed E-state index contributed by atoms with van der Waals surface area (Å²) in [5.41, 5.74) is 0. The van der Waals surface area contributed by atoms with Crippen LogP contribution in [0.2, 0.25) is 0 Å². The minimum absolute atomic E-state index is 0.275. The third kappa shape index (κ3) is 4.22. The van der Waals surface area contributed by atoms with Crippen LogP contribution in [0.1, 0.15) is 71.7 Å². The molecule has 2 rings (SSSR count). The second-order valence-corrected chi connectivity index (χ2v) is 7.84. The molecule has 1 N–H and O–H groups in total. The molecule has 1 aliphatic heterocycles. The van der Waals surface area contributed by atoms with Gasteiger partial charge in [-0.1, -0.05) is 20.8 Å². The predicted molar refractivity (Wildman–Crippen MR) is 95.0 cm³/mol. The van der Waals surface area contributed by atoms with Gasteiger partial charge >= 0.3 is 0 Å². The summed E-state index contributed by atoms with van der Waals surface area (Å²) < 4.78 is 2.76. The van der Waals surface area contributed by atoms with Gasteiger partial charge in [0, 0.05) is 31.5 Å². The Balaban J connectivity index is 2.09. The lowest BCUT2D eigenvalue weighted by atomic mass is 9.92. The van der Waals surface area contributed by atoms with Crippen molar-refractivity contribution in [1.29, 1.82) is 0 Å². The lowest BCUT2D eigenvalue weighted by Crippen LogP contribution is -2.40. The number of nitrogens with zero attached hydrogens (tertiary/aromatic N) is 3. The minimum Gasteiger partial charge on any atom is -0.342 e. The van der Waals surface area contributed by atoms with Crippen LogP contribution in [-0.4, -0.2) is 38.7 Å². The van der Waals surface area contributed by atoms with Gasteiger partial charge in [0.05, 0.1) is 0 Å². The maximum atomic E-state index is 12.6. The SMILES string of the molecule is CC(C)[C@H](C)CC(=O)N1CCC[C@H](c2n[nH]c(=S)n2C(C)C)C1. The summed E-state index contributed by atoms with van der Waals surface area (Å²) in [6.45, 7) is 12.4. The Bertz CT molecular complexity index is 590. The number of nitrogens with one attached hydrogen (secondary N) is 1. The highest BCUT2D eigenvalue weighted by Crippen LogP contribution is 2.28. The smallest absolute Gasteiger partial charge is 0.222 e. The molecule has 2 atom stereocenters. The Morgan fingerprint density at radius 3 is 2.65 bits per heavy atom. The van der Waals surface area contributed by atoms with Crippen LogP contribution >= 0.6 is 12.2 Å². The number of H-pyrrole nitrogens is 1. The molecule has 1 amide bonds. The van der Waals surface area contributed by atoms with E-state index in [0.29, 0.717) is 23.0 Å². The van der Waals surface area contributed by atoms with Crippen molar-refractivity contribution in [2.24, 2.45) is 11.8 Å². The third-order valence-electron chi connectivity index (χ3n) is 5.02. The Labute approximate surface area is 144 Å². The van der Waals surface area contributed by atoms with Gasteiger partial charge in [0.1, 0.15) is 5.82 Å². The van der Waals surface area contributed by atoms with Crippen molar-refractivity contribution in [3.8, 4) is 0 Å². The van der Waals surface area contributed by atoms with E-state index in [2.05, 4.69) is 49.4 Å². The standard InChI is InChI=1S/C17H30N4OS/c1-11(2)13(5)9-15(22)20-8-6-7-14(10-20)16-18-19-17(23)21(16)12(3)4/h11-14H,6-10H2,1-5H3,(H,19,23)/t13-,14+/m1/s1. The fourth-order valence-electron chi connectivity index (χ4n) is 3.16. The lowest BCUT2D eigenvalue weighted by Gasteiger charge is -2.33. The highest BCUT2D eigenvalue weighted by atomic mass is 32.1. The Kier molecular flexibility index (Phi) is 6.00. The van der Waals surface area contributed by atoms with Crippen molar-refractivity contribution in [2.45, 2.75) is 65.8 Å². The minimum atomic E-state index is 0.275. The Morgan fingerprint density at radius 1 is 1.35 bits per heavy atom. The van der Waals surface area contributed by atoms with Gasteiger partial charge in [-0.2, -0.15) is 5.10 Å². The van der Waals surface area contributed by atoms with E-state index in [9.17, 15) is 4.79 Å². The average molecular weight is 339 g/mol. The normalized spacial score (nSPS) is 20.3. The molecule has 0 radical (unpaired) electrons. The summed E-state index contributed by atoms with van der Waals surface area (Å²) in [6, 6.07) is 0.281. The second kappa shape index (κ2) is 7.60. The predicted octanol–water partition coefficient (Wildman–Crippen LogP) is 3.91. The number of hydrogen-bond acceptors (Lipinski definition) is 3. The number of likely N-dealkylation sites (tertiary alicyclic amines) is 1. The van der Waals surface area contributed by atoms with Crippen LogP contribution < -0.4 is 0 Å². The zero-order chi connectivity index (χ0) is 17.1. The molecule has 0 spiro atoms. The van der Waals surface area contributed by atoms with E-state index < -0.39 is 0 Å². The largest absolute Gasteiger partial charge is 0.342 e. The van der Waals surface area contributed by atoms with E-state index in [1.54, 1.807) is 0 Å². The first-order valence-corrected chi connectivity index (χ1v) is 9.16. The molecule has 1 saturated heterocycles. The first kappa shape index (κ1) is 18.2. The van der Waals surface area contributed by atoms with Gasteiger partial charge in [-0.05, 0) is 50.7 Å². The lowest BCUT2D eigenvalue weighted by molar-refractivity contribution is -0.133. The molecule has 0 unspecified atom stereocenters. The van der Waals surface area contributed by atoms with Crippen molar-refractivity contribution in [1.82, 2.24) is 19.7 Å². The summed E-state index contributed by atoms with van der Waals surface area (Å²) in [4.78, 5) is 14.6. The molecule has 0 aliphatic carbocycles. The summed E-state index contributed by atoms with van der Waals surface area (Å²) >= 11 is 5.35. The number of hydrogen-bond donors (Lipinski definition) is 1. The fourth-order valence-corrected chi connectivity index (χ4v) is 3.51. The molecule has 1 aromatic rings. The fraction of sp³-hybridized carbons (Fsp3) is 0.824. The first-order chi connectivity index (χ1) is 10.8. The molecule has 1 aromatic heterocycles. The quantitative estimate of drug-likeness (QED) is 0.828. The summed E-state index contributed by atoms with van der Waals surface area (Å²) in [5, 5.41) is 7.37. The molecule has 0 saturated carbocycles.